The topological polar surface area (TPSA) is 69.6 Å². The minimum absolute atomic E-state index is 0.0172. The monoisotopic (exact) mass is 234 g/mol. The number of hydrogen-bond donors (Lipinski definition) is 2. The second kappa shape index (κ2) is 5.07. The van der Waals surface area contributed by atoms with Gasteiger partial charge in [0.15, 0.2) is 0 Å². The highest BCUT2D eigenvalue weighted by Crippen LogP contribution is 2.14. The lowest BCUT2D eigenvalue weighted by molar-refractivity contribution is -0.148. The zero-order valence-corrected chi connectivity index (χ0v) is 9.30. The summed E-state index contributed by atoms with van der Waals surface area (Å²) in [5.41, 5.74) is 0.701. The molecule has 17 heavy (non-hydrogen) atoms. The molecule has 1 aliphatic rings. The van der Waals surface area contributed by atoms with Gasteiger partial charge in [-0.25, -0.2) is 0 Å². The van der Waals surface area contributed by atoms with Crippen LogP contribution in [0.2, 0.25) is 0 Å². The van der Waals surface area contributed by atoms with Crippen LogP contribution in [0.1, 0.15) is 11.7 Å². The van der Waals surface area contributed by atoms with Crippen LogP contribution in [-0.2, 0) is 9.59 Å². The first kappa shape index (κ1) is 11.8. The van der Waals surface area contributed by atoms with E-state index in [1.165, 1.54) is 0 Å². The summed E-state index contributed by atoms with van der Waals surface area (Å²) >= 11 is 0. The molecule has 2 amide bonds. The average molecular weight is 234 g/mol. The number of carbonyl (C=O) groups is 2. The van der Waals surface area contributed by atoms with Gasteiger partial charge in [-0.2, -0.15) is 0 Å². The normalized spacial score (nSPS) is 18.3. The second-order valence-electron chi connectivity index (χ2n) is 3.93. The number of rotatable bonds is 3. The van der Waals surface area contributed by atoms with Crippen molar-refractivity contribution in [3.05, 3.63) is 35.9 Å². The molecule has 2 N–H and O–H groups in total. The van der Waals surface area contributed by atoms with Crippen molar-refractivity contribution in [1.29, 1.82) is 0 Å². The largest absolute Gasteiger partial charge is 0.387 e. The molecule has 2 rings (SSSR count). The third-order valence-electron chi connectivity index (χ3n) is 2.69. The maximum atomic E-state index is 11.5. The number of imide groups is 1. The molecule has 90 valence electrons. The molecule has 1 heterocycles. The number of benzene rings is 1. The molecule has 0 aliphatic carbocycles. The van der Waals surface area contributed by atoms with Gasteiger partial charge < -0.3 is 5.11 Å². The van der Waals surface area contributed by atoms with Gasteiger partial charge in [-0.3, -0.25) is 19.8 Å². The van der Waals surface area contributed by atoms with E-state index in [0.717, 1.165) is 4.90 Å². The quantitative estimate of drug-likeness (QED) is 0.703. The first-order valence-electron chi connectivity index (χ1n) is 5.45. The van der Waals surface area contributed by atoms with E-state index >= 15 is 0 Å². The number of hydrogen-bond acceptors (Lipinski definition) is 4. The minimum atomic E-state index is -0.831. The van der Waals surface area contributed by atoms with Gasteiger partial charge >= 0.3 is 0 Å². The zero-order valence-electron chi connectivity index (χ0n) is 9.30. The molecule has 1 aromatic carbocycles. The fraction of sp³-hybridized carbons (Fsp3) is 0.333. The Balaban J connectivity index is 2.05. The van der Waals surface area contributed by atoms with Crippen molar-refractivity contribution in [2.75, 3.05) is 19.6 Å². The van der Waals surface area contributed by atoms with Crippen molar-refractivity contribution in [3.8, 4) is 0 Å². The Morgan fingerprint density at radius 2 is 1.76 bits per heavy atom. The van der Waals surface area contributed by atoms with Crippen LogP contribution in [0.5, 0.6) is 0 Å². The molecule has 1 aromatic rings. The molecule has 1 fully saturated rings. The predicted octanol–water partition coefficient (Wildman–Crippen LogP) is -0.322. The van der Waals surface area contributed by atoms with Crippen LogP contribution in [0.15, 0.2) is 30.3 Å². The number of nitrogens with zero attached hydrogens (tertiary/aromatic N) is 1. The minimum Gasteiger partial charge on any atom is -0.387 e. The van der Waals surface area contributed by atoms with E-state index in [1.54, 1.807) is 24.3 Å². The molecule has 0 saturated carbocycles. The SMILES string of the molecule is O=C1CNCC(=O)N1CC(O)c1ccccc1. The van der Waals surface area contributed by atoms with Crippen LogP contribution in [0.3, 0.4) is 0 Å². The highest BCUT2D eigenvalue weighted by atomic mass is 16.3. The van der Waals surface area contributed by atoms with Gasteiger partial charge in [0.05, 0.1) is 25.7 Å². The van der Waals surface area contributed by atoms with Gasteiger partial charge in [-0.1, -0.05) is 30.3 Å². The van der Waals surface area contributed by atoms with Crippen LogP contribution in [0.25, 0.3) is 0 Å². The van der Waals surface area contributed by atoms with E-state index in [2.05, 4.69) is 5.32 Å². The summed E-state index contributed by atoms with van der Waals surface area (Å²) in [4.78, 5) is 24.1. The molecule has 5 nitrogen and oxygen atoms in total. The van der Waals surface area contributed by atoms with E-state index in [0.29, 0.717) is 5.56 Å². The molecule has 0 aromatic heterocycles. The van der Waals surface area contributed by atoms with E-state index in [-0.39, 0.29) is 31.4 Å². The Morgan fingerprint density at radius 3 is 2.35 bits per heavy atom. The molecule has 1 unspecified atom stereocenters. The second-order valence-corrected chi connectivity index (χ2v) is 3.93. The number of nitrogens with one attached hydrogen (secondary N) is 1. The van der Waals surface area contributed by atoms with Crippen LogP contribution in [0, 0.1) is 0 Å². The number of β-amino-alcohol motifs (C(OH)–C–C–N with tert-alkyl or cyclic N) is 1. The average Bonchev–Trinajstić information content (AvgIpc) is 2.35. The van der Waals surface area contributed by atoms with Crippen molar-refractivity contribution in [3.63, 3.8) is 0 Å². The summed E-state index contributed by atoms with van der Waals surface area (Å²) in [6.45, 7) is 0.309. The summed E-state index contributed by atoms with van der Waals surface area (Å²) in [6, 6.07) is 8.99. The summed E-state index contributed by atoms with van der Waals surface area (Å²) < 4.78 is 0. The van der Waals surface area contributed by atoms with E-state index < -0.39 is 6.10 Å². The molecule has 1 saturated heterocycles. The lowest BCUT2D eigenvalue weighted by atomic mass is 10.1. The van der Waals surface area contributed by atoms with Crippen LogP contribution in [0.4, 0.5) is 0 Å². The Bertz CT molecular complexity index is 403. The number of carbonyl (C=O) groups excluding carboxylic acids is 2. The highest BCUT2D eigenvalue weighted by molar-refractivity contribution is 5.99. The maximum Gasteiger partial charge on any atom is 0.243 e. The third kappa shape index (κ3) is 2.69. The predicted molar refractivity (Wildman–Crippen MR) is 61.0 cm³/mol. The van der Waals surface area contributed by atoms with Crippen molar-refractivity contribution < 1.29 is 14.7 Å². The molecule has 0 radical (unpaired) electrons. The molecule has 1 atom stereocenters. The lowest BCUT2D eigenvalue weighted by Gasteiger charge is -2.27. The molecule has 5 heteroatoms. The number of piperazine rings is 1. The number of aliphatic hydroxyl groups excluding tert-OH is 1. The molecular formula is C12H14N2O3. The van der Waals surface area contributed by atoms with Crippen molar-refractivity contribution >= 4 is 11.8 Å². The van der Waals surface area contributed by atoms with E-state index in [9.17, 15) is 14.7 Å². The Kier molecular flexibility index (Phi) is 3.51. The molecule has 0 spiro atoms. The van der Waals surface area contributed by atoms with Crippen molar-refractivity contribution in [2.24, 2.45) is 0 Å². The number of aliphatic hydroxyl groups is 1. The first-order chi connectivity index (χ1) is 8.18. The maximum absolute atomic E-state index is 11.5. The Hall–Kier alpha value is -1.72. The van der Waals surface area contributed by atoms with Gasteiger partial charge in [0.2, 0.25) is 11.8 Å². The zero-order chi connectivity index (χ0) is 12.3. The fourth-order valence-corrected chi connectivity index (χ4v) is 1.76. The Labute approximate surface area is 99.0 Å². The summed E-state index contributed by atoms with van der Waals surface area (Å²) in [6.07, 6.45) is -0.831. The smallest absolute Gasteiger partial charge is 0.243 e. The van der Waals surface area contributed by atoms with Gasteiger partial charge in [-0.05, 0) is 5.56 Å². The first-order valence-corrected chi connectivity index (χ1v) is 5.45. The summed E-state index contributed by atoms with van der Waals surface area (Å²) in [5, 5.41) is 12.6. The van der Waals surface area contributed by atoms with Crippen LogP contribution >= 0.6 is 0 Å². The van der Waals surface area contributed by atoms with Crippen molar-refractivity contribution in [2.45, 2.75) is 6.10 Å². The number of amides is 2. The van der Waals surface area contributed by atoms with Crippen LogP contribution in [-0.4, -0.2) is 41.5 Å². The fourth-order valence-electron chi connectivity index (χ4n) is 1.76. The van der Waals surface area contributed by atoms with Gasteiger partial charge in [-0.15, -0.1) is 0 Å². The Morgan fingerprint density at radius 1 is 1.18 bits per heavy atom. The molecule has 0 bridgehead atoms. The molecular weight excluding hydrogens is 220 g/mol. The summed E-state index contributed by atoms with van der Waals surface area (Å²) in [7, 11) is 0. The van der Waals surface area contributed by atoms with Crippen LogP contribution < -0.4 is 5.32 Å². The van der Waals surface area contributed by atoms with E-state index in [4.69, 9.17) is 0 Å². The van der Waals surface area contributed by atoms with E-state index in [1.807, 2.05) is 6.07 Å². The van der Waals surface area contributed by atoms with Crippen molar-refractivity contribution in [1.82, 2.24) is 10.2 Å². The standard InChI is InChI=1S/C12H14N2O3/c15-10(9-4-2-1-3-5-9)8-14-11(16)6-13-7-12(14)17/h1-5,10,13,15H,6-8H2. The van der Waals surface area contributed by atoms with Gasteiger partial charge in [0.25, 0.3) is 0 Å². The lowest BCUT2D eigenvalue weighted by Crippen LogP contribution is -2.53. The van der Waals surface area contributed by atoms with Gasteiger partial charge in [0, 0.05) is 0 Å². The van der Waals surface area contributed by atoms with Gasteiger partial charge in [0.1, 0.15) is 0 Å². The third-order valence-corrected chi connectivity index (χ3v) is 2.69. The summed E-state index contributed by atoms with van der Waals surface area (Å²) in [5.74, 6) is -0.590. The highest BCUT2D eigenvalue weighted by Gasteiger charge is 2.27. The molecule has 1 aliphatic heterocycles.